The predicted octanol–water partition coefficient (Wildman–Crippen LogP) is -3.54. The van der Waals surface area contributed by atoms with Gasteiger partial charge < -0.3 is 43.2 Å². The second kappa shape index (κ2) is 15.9. The van der Waals surface area contributed by atoms with Gasteiger partial charge in [0.15, 0.2) is 0 Å². The topological polar surface area (TPSA) is 265 Å². The number of primary amides is 1. The SMILES string of the molecule is NC(=O)CC[C@H](N)C(=O)O.NC(CCC(=O)NC(CS)C(=O)NCC(=O)O)C(=O)O. The van der Waals surface area contributed by atoms with Crippen LogP contribution in [0.2, 0.25) is 0 Å². The van der Waals surface area contributed by atoms with E-state index in [4.69, 9.17) is 32.5 Å². The lowest BCUT2D eigenvalue weighted by Gasteiger charge is -2.16. The van der Waals surface area contributed by atoms with E-state index in [1.807, 2.05) is 0 Å². The molecule has 0 aliphatic heterocycles. The van der Waals surface area contributed by atoms with E-state index < -0.39 is 60.3 Å². The fourth-order valence-electron chi connectivity index (χ4n) is 1.58. The number of rotatable bonds is 13. The van der Waals surface area contributed by atoms with E-state index in [9.17, 15) is 28.8 Å². The minimum atomic E-state index is -1.22. The third kappa shape index (κ3) is 16.1. The van der Waals surface area contributed by atoms with Crippen LogP contribution in [-0.4, -0.2) is 81.4 Å². The summed E-state index contributed by atoms with van der Waals surface area (Å²) in [5.41, 5.74) is 15.0. The number of carbonyl (C=O) groups excluding carboxylic acids is 3. The number of carboxylic acids is 3. The largest absolute Gasteiger partial charge is 0.480 e. The summed E-state index contributed by atoms with van der Waals surface area (Å²) in [7, 11) is 0. The average Bonchev–Trinajstić information content (AvgIpc) is 2.66. The molecule has 0 aromatic rings. The summed E-state index contributed by atoms with van der Waals surface area (Å²) in [4.78, 5) is 63.9. The van der Waals surface area contributed by atoms with Crippen LogP contribution in [0.3, 0.4) is 0 Å². The highest BCUT2D eigenvalue weighted by atomic mass is 32.1. The molecule has 0 aromatic heterocycles. The number of nitrogens with one attached hydrogen (secondary N) is 2. The van der Waals surface area contributed by atoms with Crippen molar-refractivity contribution in [2.24, 2.45) is 17.2 Å². The van der Waals surface area contributed by atoms with E-state index in [0.717, 1.165) is 0 Å². The van der Waals surface area contributed by atoms with Crippen LogP contribution in [0.4, 0.5) is 0 Å². The Morgan fingerprint density at radius 2 is 1.33 bits per heavy atom. The van der Waals surface area contributed by atoms with Gasteiger partial charge in [-0.1, -0.05) is 0 Å². The molecule has 0 heterocycles. The van der Waals surface area contributed by atoms with E-state index in [2.05, 4.69) is 23.3 Å². The summed E-state index contributed by atoms with van der Waals surface area (Å²) in [5.74, 6) is -5.34. The molecule has 0 rings (SSSR count). The predicted molar refractivity (Wildman–Crippen MR) is 105 cm³/mol. The summed E-state index contributed by atoms with van der Waals surface area (Å²) < 4.78 is 0. The van der Waals surface area contributed by atoms with Gasteiger partial charge in [-0.15, -0.1) is 0 Å². The van der Waals surface area contributed by atoms with Crippen molar-refractivity contribution < 1.29 is 44.1 Å². The Balaban J connectivity index is 0. The number of hydrogen-bond acceptors (Lipinski definition) is 9. The standard InChI is InChI=1S/C10H17N3O6S.C5H10N2O3/c11-5(10(18)19)1-2-7(14)13-6(4-20)9(17)12-3-8(15)16;6-3(5(9)10)1-2-4(7)8/h5-6,20H,1-4,11H2,(H,12,17)(H,13,14)(H,15,16)(H,18,19);3H,1-2,6H2,(H2,7,8)(H,9,10)/t;3-/m.0/s1. The number of amides is 3. The van der Waals surface area contributed by atoms with Crippen molar-refractivity contribution in [1.29, 1.82) is 0 Å². The maximum atomic E-state index is 11.5. The zero-order valence-corrected chi connectivity index (χ0v) is 16.8. The minimum Gasteiger partial charge on any atom is -0.480 e. The molecule has 3 atom stereocenters. The summed E-state index contributed by atoms with van der Waals surface area (Å²) >= 11 is 3.87. The number of thiol groups is 1. The molecule has 0 aliphatic carbocycles. The van der Waals surface area contributed by atoms with Crippen molar-refractivity contribution in [3.63, 3.8) is 0 Å². The first-order valence-corrected chi connectivity index (χ1v) is 9.09. The number of nitrogens with two attached hydrogens (primary N) is 3. The van der Waals surface area contributed by atoms with Gasteiger partial charge in [0.05, 0.1) is 0 Å². The molecule has 172 valence electrons. The first-order valence-electron chi connectivity index (χ1n) is 8.46. The molecule has 3 amide bonds. The Morgan fingerprint density at radius 3 is 1.70 bits per heavy atom. The lowest BCUT2D eigenvalue weighted by Crippen LogP contribution is -2.49. The van der Waals surface area contributed by atoms with Gasteiger partial charge in [-0.2, -0.15) is 12.6 Å². The van der Waals surface area contributed by atoms with Gasteiger partial charge in [0.2, 0.25) is 17.7 Å². The second-order valence-electron chi connectivity index (χ2n) is 5.85. The summed E-state index contributed by atoms with van der Waals surface area (Å²) in [6.07, 6.45) is -0.112. The van der Waals surface area contributed by atoms with Gasteiger partial charge in [0.25, 0.3) is 0 Å². The lowest BCUT2D eigenvalue weighted by molar-refractivity contribution is -0.140. The van der Waals surface area contributed by atoms with Crippen LogP contribution in [0, 0.1) is 0 Å². The van der Waals surface area contributed by atoms with Crippen LogP contribution in [0.5, 0.6) is 0 Å². The van der Waals surface area contributed by atoms with Gasteiger partial charge >= 0.3 is 17.9 Å². The number of hydrogen-bond donors (Lipinski definition) is 9. The second-order valence-corrected chi connectivity index (χ2v) is 6.21. The van der Waals surface area contributed by atoms with Crippen molar-refractivity contribution in [2.45, 2.75) is 43.8 Å². The van der Waals surface area contributed by atoms with Crippen molar-refractivity contribution in [1.82, 2.24) is 10.6 Å². The van der Waals surface area contributed by atoms with Crippen LogP contribution in [0.25, 0.3) is 0 Å². The highest BCUT2D eigenvalue weighted by molar-refractivity contribution is 7.80. The molecular weight excluding hydrogens is 426 g/mol. The molecule has 0 spiro atoms. The quantitative estimate of drug-likeness (QED) is 0.123. The molecule has 11 N–H and O–H groups in total. The van der Waals surface area contributed by atoms with Gasteiger partial charge in [-0.3, -0.25) is 28.8 Å². The molecule has 2 unspecified atom stereocenters. The van der Waals surface area contributed by atoms with Crippen LogP contribution >= 0.6 is 12.6 Å². The molecule has 0 fully saturated rings. The maximum Gasteiger partial charge on any atom is 0.322 e. The molecule has 0 aromatic carbocycles. The highest BCUT2D eigenvalue weighted by Gasteiger charge is 2.21. The molecule has 0 radical (unpaired) electrons. The Labute approximate surface area is 176 Å². The zero-order valence-electron chi connectivity index (χ0n) is 15.9. The average molecular weight is 453 g/mol. The molecule has 0 saturated heterocycles. The summed E-state index contributed by atoms with van der Waals surface area (Å²) in [6.45, 7) is -0.567. The Hall–Kier alpha value is -2.91. The van der Waals surface area contributed by atoms with Crippen LogP contribution in [0.1, 0.15) is 25.7 Å². The highest BCUT2D eigenvalue weighted by Crippen LogP contribution is 1.97. The molecule has 14 nitrogen and oxygen atoms in total. The normalized spacial score (nSPS) is 12.9. The van der Waals surface area contributed by atoms with Crippen molar-refractivity contribution in [3.05, 3.63) is 0 Å². The van der Waals surface area contributed by atoms with Crippen molar-refractivity contribution in [3.8, 4) is 0 Å². The first kappa shape index (κ1) is 29.3. The minimum absolute atomic E-state index is 0.0213. The van der Waals surface area contributed by atoms with Gasteiger partial charge in [0, 0.05) is 18.6 Å². The van der Waals surface area contributed by atoms with E-state index >= 15 is 0 Å². The zero-order chi connectivity index (χ0) is 23.9. The third-order valence-corrected chi connectivity index (χ3v) is 3.63. The number of carbonyl (C=O) groups is 6. The summed E-state index contributed by atoms with van der Waals surface area (Å²) in [5, 5.41) is 29.6. The van der Waals surface area contributed by atoms with E-state index in [1.165, 1.54) is 0 Å². The molecule has 0 aliphatic rings. The van der Waals surface area contributed by atoms with Crippen molar-refractivity contribution >= 4 is 48.3 Å². The Bertz CT molecular complexity index is 632. The Kier molecular flexibility index (Phi) is 15.6. The van der Waals surface area contributed by atoms with Gasteiger partial charge in [-0.25, -0.2) is 0 Å². The molecule has 30 heavy (non-hydrogen) atoms. The first-order chi connectivity index (χ1) is 13.8. The van der Waals surface area contributed by atoms with E-state index in [-0.39, 0.29) is 31.4 Å². The van der Waals surface area contributed by atoms with Crippen LogP contribution in [-0.2, 0) is 28.8 Å². The smallest absolute Gasteiger partial charge is 0.322 e. The van der Waals surface area contributed by atoms with E-state index in [0.29, 0.717) is 0 Å². The van der Waals surface area contributed by atoms with Crippen molar-refractivity contribution in [2.75, 3.05) is 12.3 Å². The fourth-order valence-corrected chi connectivity index (χ4v) is 1.83. The fraction of sp³-hybridized carbons (Fsp3) is 0.600. The van der Waals surface area contributed by atoms with Crippen LogP contribution in [0.15, 0.2) is 0 Å². The molecule has 0 saturated carbocycles. The van der Waals surface area contributed by atoms with Gasteiger partial charge in [-0.05, 0) is 12.8 Å². The maximum absolute atomic E-state index is 11.5. The molecule has 15 heteroatoms. The molecule has 0 bridgehead atoms. The van der Waals surface area contributed by atoms with E-state index in [1.54, 1.807) is 0 Å². The Morgan fingerprint density at radius 1 is 0.867 bits per heavy atom. The summed E-state index contributed by atoms with van der Waals surface area (Å²) in [6, 6.07) is -3.13. The third-order valence-electron chi connectivity index (χ3n) is 3.27. The monoisotopic (exact) mass is 453 g/mol. The lowest BCUT2D eigenvalue weighted by atomic mass is 10.1. The molecular formula is C15H27N5O9S. The van der Waals surface area contributed by atoms with Gasteiger partial charge in [0.1, 0.15) is 24.7 Å². The van der Waals surface area contributed by atoms with Crippen LogP contribution < -0.4 is 27.8 Å². The number of aliphatic carboxylic acids is 3. The number of carboxylic acid groups (broad SMARTS) is 3.